The van der Waals surface area contributed by atoms with Crippen molar-refractivity contribution < 1.29 is 18.0 Å². The zero-order valence-electron chi connectivity index (χ0n) is 23.8. The zero-order valence-corrected chi connectivity index (χ0v) is 23.8. The number of ketones is 1. The Bertz CT molecular complexity index is 1460. The number of nitrogens with one attached hydrogen (secondary N) is 1. The van der Waals surface area contributed by atoms with Crippen LogP contribution in [0.1, 0.15) is 80.1 Å². The fourth-order valence-corrected chi connectivity index (χ4v) is 4.72. The molecule has 6 nitrogen and oxygen atoms in total. The molecular formula is C32H36F3N5O. The fourth-order valence-electron chi connectivity index (χ4n) is 4.72. The van der Waals surface area contributed by atoms with Crippen LogP contribution in [0.15, 0.2) is 65.3 Å². The molecule has 0 aliphatic heterocycles. The normalized spacial score (nSPS) is 14.8. The summed E-state index contributed by atoms with van der Waals surface area (Å²) < 4.78 is 38.8. The molecule has 3 aromatic rings. The summed E-state index contributed by atoms with van der Waals surface area (Å²) in [5, 5.41) is 3.43. The number of rotatable bonds is 8. The van der Waals surface area contributed by atoms with E-state index in [9.17, 15) is 18.0 Å². The van der Waals surface area contributed by atoms with Gasteiger partial charge in [-0.05, 0) is 60.4 Å². The first-order chi connectivity index (χ1) is 19.4. The third kappa shape index (κ3) is 7.39. The number of hydrogen-bond donors (Lipinski definition) is 2. The van der Waals surface area contributed by atoms with Crippen molar-refractivity contribution in [3.63, 3.8) is 0 Å². The van der Waals surface area contributed by atoms with Crippen LogP contribution in [0.2, 0.25) is 0 Å². The number of halogens is 3. The van der Waals surface area contributed by atoms with Gasteiger partial charge in [0.05, 0.1) is 5.69 Å². The van der Waals surface area contributed by atoms with Crippen molar-refractivity contribution >= 4 is 23.0 Å². The largest absolute Gasteiger partial charge is 0.430 e. The molecule has 1 aliphatic carbocycles. The first-order valence-corrected chi connectivity index (χ1v) is 13.9. The molecule has 216 valence electrons. The number of Topliss-reactive ketones (excluding diaryl/α,β-unsaturated/α-hetero) is 1. The highest BCUT2D eigenvalue weighted by molar-refractivity contribution is 5.99. The number of fused-ring (bicyclic) bond motifs is 1. The molecule has 1 aromatic heterocycles. The summed E-state index contributed by atoms with van der Waals surface area (Å²) in [7, 11) is 0. The maximum absolute atomic E-state index is 13.0. The van der Waals surface area contributed by atoms with Crippen LogP contribution in [0.4, 0.5) is 24.7 Å². The molecule has 0 fully saturated rings. The monoisotopic (exact) mass is 563 g/mol. The van der Waals surface area contributed by atoms with Crippen molar-refractivity contribution in [2.24, 2.45) is 16.6 Å². The number of alkyl halides is 3. The molecule has 4 rings (SSSR count). The van der Waals surface area contributed by atoms with Crippen molar-refractivity contribution in [3.05, 3.63) is 82.7 Å². The minimum absolute atomic E-state index is 0.0367. The van der Waals surface area contributed by atoms with Crippen LogP contribution >= 0.6 is 0 Å². The summed E-state index contributed by atoms with van der Waals surface area (Å²) in [6, 6.07) is 15.2. The SMILES string of the molecule is CC(C)C(/C=C(\N)C(F)(F)F)=Nc1ccc(CNc2nc(-c3ccccc3C(C)C)nc3c2CCCCC3=O)cc1. The van der Waals surface area contributed by atoms with E-state index in [0.29, 0.717) is 36.0 Å². The van der Waals surface area contributed by atoms with E-state index in [2.05, 4.69) is 30.2 Å². The van der Waals surface area contributed by atoms with E-state index in [1.807, 2.05) is 30.3 Å². The van der Waals surface area contributed by atoms with Crippen LogP contribution < -0.4 is 11.1 Å². The summed E-state index contributed by atoms with van der Waals surface area (Å²) in [6.07, 6.45) is -0.828. The van der Waals surface area contributed by atoms with Crippen LogP contribution in [0.3, 0.4) is 0 Å². The molecule has 0 unspecified atom stereocenters. The van der Waals surface area contributed by atoms with E-state index in [4.69, 9.17) is 15.7 Å². The van der Waals surface area contributed by atoms with Gasteiger partial charge in [0.2, 0.25) is 0 Å². The van der Waals surface area contributed by atoms with Crippen LogP contribution in [0, 0.1) is 5.92 Å². The van der Waals surface area contributed by atoms with E-state index in [-0.39, 0.29) is 23.3 Å². The molecule has 0 amide bonds. The Balaban J connectivity index is 1.63. The Morgan fingerprint density at radius 1 is 1.02 bits per heavy atom. The van der Waals surface area contributed by atoms with Crippen LogP contribution in [0.25, 0.3) is 11.4 Å². The summed E-state index contributed by atoms with van der Waals surface area (Å²) in [5.41, 5.74) is 9.09. The number of carbonyl (C=O) groups is 1. The third-order valence-electron chi connectivity index (χ3n) is 7.05. The summed E-state index contributed by atoms with van der Waals surface area (Å²) in [6.45, 7) is 8.20. The Morgan fingerprint density at radius 3 is 2.37 bits per heavy atom. The van der Waals surface area contributed by atoms with E-state index >= 15 is 0 Å². The lowest BCUT2D eigenvalue weighted by Gasteiger charge is -2.17. The van der Waals surface area contributed by atoms with Crippen molar-refractivity contribution in [2.45, 2.75) is 72.0 Å². The quantitative estimate of drug-likeness (QED) is 0.214. The predicted octanol–water partition coefficient (Wildman–Crippen LogP) is 7.92. The van der Waals surface area contributed by atoms with Crippen molar-refractivity contribution in [1.82, 2.24) is 9.97 Å². The molecule has 0 saturated carbocycles. The van der Waals surface area contributed by atoms with Crippen LogP contribution in [-0.4, -0.2) is 27.6 Å². The van der Waals surface area contributed by atoms with Gasteiger partial charge in [-0.1, -0.05) is 64.1 Å². The molecule has 2 aromatic carbocycles. The van der Waals surface area contributed by atoms with Crippen LogP contribution in [-0.2, 0) is 13.0 Å². The summed E-state index contributed by atoms with van der Waals surface area (Å²) in [4.78, 5) is 27.1. The second-order valence-corrected chi connectivity index (χ2v) is 10.9. The standard InChI is InChI=1S/C32H36F3N5O/c1-19(2)23-9-5-6-10-24(23)31-39-29-25(11-7-8-12-27(29)41)30(40-31)37-18-21-13-15-22(16-14-21)38-26(20(3)4)17-28(36)32(33,34)35/h5-6,9-10,13-17,19-20H,7-8,11-12,18,36H2,1-4H3,(H,37,39,40)/b28-17-,38-26?. The molecule has 3 N–H and O–H groups in total. The number of allylic oxidation sites excluding steroid dienone is 2. The minimum Gasteiger partial charge on any atom is -0.395 e. The van der Waals surface area contributed by atoms with Crippen molar-refractivity contribution in [3.8, 4) is 11.4 Å². The highest BCUT2D eigenvalue weighted by Gasteiger charge is 2.32. The van der Waals surface area contributed by atoms with E-state index in [0.717, 1.165) is 47.6 Å². The molecule has 41 heavy (non-hydrogen) atoms. The first-order valence-electron chi connectivity index (χ1n) is 13.9. The number of aliphatic imine (C=N–C) groups is 1. The van der Waals surface area contributed by atoms with E-state index in [1.54, 1.807) is 26.0 Å². The Morgan fingerprint density at radius 2 is 1.71 bits per heavy atom. The molecule has 1 aliphatic rings. The number of carbonyl (C=O) groups excluding carboxylic acids is 1. The number of benzene rings is 2. The number of hydrogen-bond acceptors (Lipinski definition) is 6. The first kappa shape index (κ1) is 30.0. The maximum atomic E-state index is 13.0. The molecule has 0 radical (unpaired) electrons. The Labute approximate surface area is 239 Å². The number of nitrogens with zero attached hydrogens (tertiary/aromatic N) is 3. The van der Waals surface area contributed by atoms with Crippen molar-refractivity contribution in [1.29, 1.82) is 0 Å². The van der Waals surface area contributed by atoms with Gasteiger partial charge in [-0.15, -0.1) is 0 Å². The van der Waals surface area contributed by atoms with Gasteiger partial charge >= 0.3 is 6.18 Å². The second-order valence-electron chi connectivity index (χ2n) is 10.9. The van der Waals surface area contributed by atoms with Crippen molar-refractivity contribution in [2.75, 3.05) is 5.32 Å². The zero-order chi connectivity index (χ0) is 29.7. The van der Waals surface area contributed by atoms with Gasteiger partial charge in [0.15, 0.2) is 11.6 Å². The highest BCUT2D eigenvalue weighted by atomic mass is 19.4. The Hall–Kier alpha value is -4.01. The lowest BCUT2D eigenvalue weighted by atomic mass is 9.96. The molecule has 9 heteroatoms. The summed E-state index contributed by atoms with van der Waals surface area (Å²) >= 11 is 0. The number of anilines is 1. The topological polar surface area (TPSA) is 93.3 Å². The summed E-state index contributed by atoms with van der Waals surface area (Å²) in [5.74, 6) is 1.23. The molecule has 1 heterocycles. The Kier molecular flexibility index (Phi) is 9.25. The highest BCUT2D eigenvalue weighted by Crippen LogP contribution is 2.32. The maximum Gasteiger partial charge on any atom is 0.430 e. The van der Waals surface area contributed by atoms with E-state index < -0.39 is 11.9 Å². The molecule has 0 bridgehead atoms. The van der Waals surface area contributed by atoms with Gasteiger partial charge in [-0.25, -0.2) is 9.97 Å². The number of aromatic nitrogens is 2. The van der Waals surface area contributed by atoms with Gasteiger partial charge in [0, 0.05) is 29.8 Å². The minimum atomic E-state index is -4.61. The average Bonchev–Trinajstić information content (AvgIpc) is 3.12. The van der Waals surface area contributed by atoms with Gasteiger partial charge in [0.25, 0.3) is 0 Å². The van der Waals surface area contributed by atoms with Gasteiger partial charge < -0.3 is 11.1 Å². The molecule has 0 spiro atoms. The van der Waals surface area contributed by atoms with Gasteiger partial charge in [-0.3, -0.25) is 9.79 Å². The predicted molar refractivity (Wildman–Crippen MR) is 157 cm³/mol. The average molecular weight is 564 g/mol. The van der Waals surface area contributed by atoms with Gasteiger partial charge in [-0.2, -0.15) is 13.2 Å². The number of nitrogens with two attached hydrogens (primary N) is 1. The second kappa shape index (κ2) is 12.7. The molecular weight excluding hydrogens is 527 g/mol. The lowest BCUT2D eigenvalue weighted by molar-refractivity contribution is -0.0925. The van der Waals surface area contributed by atoms with Gasteiger partial charge in [0.1, 0.15) is 17.2 Å². The van der Waals surface area contributed by atoms with E-state index in [1.165, 1.54) is 0 Å². The third-order valence-corrected chi connectivity index (χ3v) is 7.05. The van der Waals surface area contributed by atoms with Crippen LogP contribution in [0.5, 0.6) is 0 Å². The molecule has 0 atom stereocenters. The molecule has 0 saturated heterocycles. The lowest BCUT2D eigenvalue weighted by Crippen LogP contribution is -2.21. The smallest absolute Gasteiger partial charge is 0.395 e. The fraction of sp³-hybridized carbons (Fsp3) is 0.375.